The minimum atomic E-state index is -0.134. The van der Waals surface area contributed by atoms with Crippen LogP contribution in [0.15, 0.2) is 30.3 Å². The lowest BCUT2D eigenvalue weighted by Gasteiger charge is -2.10. The van der Waals surface area contributed by atoms with E-state index in [9.17, 15) is 4.79 Å². The summed E-state index contributed by atoms with van der Waals surface area (Å²) >= 11 is 0. The van der Waals surface area contributed by atoms with Crippen molar-refractivity contribution in [3.8, 4) is 0 Å². The van der Waals surface area contributed by atoms with Gasteiger partial charge in [0.1, 0.15) is 0 Å². The number of aryl methyl sites for hydroxylation is 1. The minimum absolute atomic E-state index is 0.134. The lowest BCUT2D eigenvalue weighted by Crippen LogP contribution is -2.08. The Morgan fingerprint density at radius 2 is 2.15 bits per heavy atom. The summed E-state index contributed by atoms with van der Waals surface area (Å²) in [5.41, 5.74) is 3.04. The fraction of sp³-hybridized carbons (Fsp3) is 0.375. The van der Waals surface area contributed by atoms with Crippen molar-refractivity contribution < 1.29 is 9.53 Å². The summed E-state index contributed by atoms with van der Waals surface area (Å²) in [7, 11) is 0. The van der Waals surface area contributed by atoms with Crippen LogP contribution in [0.4, 0.5) is 5.69 Å². The summed E-state index contributed by atoms with van der Waals surface area (Å²) in [5.74, 6) is -0.134. The molecule has 1 heterocycles. The Labute approximate surface area is 119 Å². The number of esters is 1. The Kier molecular flexibility index (Phi) is 4.93. The minimum Gasteiger partial charge on any atom is -0.466 e. The topological polar surface area (TPSA) is 51.2 Å². The summed E-state index contributed by atoms with van der Waals surface area (Å²) in [6, 6.07) is 10.1. The van der Waals surface area contributed by atoms with Gasteiger partial charge in [-0.1, -0.05) is 18.2 Å². The van der Waals surface area contributed by atoms with Crippen molar-refractivity contribution in [3.05, 3.63) is 36.0 Å². The third kappa shape index (κ3) is 3.70. The average Bonchev–Trinajstić information content (AvgIpc) is 2.43. The maximum Gasteiger partial charge on any atom is 0.305 e. The van der Waals surface area contributed by atoms with Crippen molar-refractivity contribution in [2.75, 3.05) is 18.5 Å². The summed E-state index contributed by atoms with van der Waals surface area (Å²) in [6.07, 6.45) is 1.21. The zero-order valence-electron chi connectivity index (χ0n) is 12.0. The lowest BCUT2D eigenvalue weighted by molar-refractivity contribution is -0.143. The molecule has 4 nitrogen and oxygen atoms in total. The number of pyridine rings is 1. The molecule has 0 bridgehead atoms. The van der Waals surface area contributed by atoms with Crippen molar-refractivity contribution >= 4 is 22.6 Å². The van der Waals surface area contributed by atoms with Gasteiger partial charge in [0, 0.05) is 29.7 Å². The molecular weight excluding hydrogens is 252 g/mol. The Bertz CT molecular complexity index is 596. The van der Waals surface area contributed by atoms with Crippen molar-refractivity contribution in [1.82, 2.24) is 4.98 Å². The van der Waals surface area contributed by atoms with Gasteiger partial charge in [-0.3, -0.25) is 9.78 Å². The number of nitrogens with zero attached hydrogens (tertiary/aromatic N) is 1. The van der Waals surface area contributed by atoms with Crippen LogP contribution >= 0.6 is 0 Å². The molecule has 106 valence electrons. The molecule has 0 fully saturated rings. The maximum atomic E-state index is 11.3. The van der Waals surface area contributed by atoms with E-state index in [1.54, 1.807) is 0 Å². The monoisotopic (exact) mass is 272 g/mol. The highest BCUT2D eigenvalue weighted by atomic mass is 16.5. The molecule has 0 amide bonds. The van der Waals surface area contributed by atoms with E-state index in [-0.39, 0.29) is 5.97 Å². The van der Waals surface area contributed by atoms with Gasteiger partial charge >= 0.3 is 5.97 Å². The molecule has 0 atom stereocenters. The van der Waals surface area contributed by atoms with Crippen LogP contribution in [0.25, 0.3) is 10.9 Å². The number of carbonyl (C=O) groups excluding carboxylic acids is 1. The van der Waals surface area contributed by atoms with Gasteiger partial charge in [-0.05, 0) is 32.4 Å². The molecule has 20 heavy (non-hydrogen) atoms. The van der Waals surface area contributed by atoms with E-state index in [0.29, 0.717) is 13.0 Å². The number of ether oxygens (including phenoxy) is 1. The fourth-order valence-electron chi connectivity index (χ4n) is 2.14. The molecule has 1 N–H and O–H groups in total. The molecule has 0 aliphatic rings. The SMILES string of the molecule is CCOC(=O)CCCNc1cc(C)nc2ccccc12. The molecular formula is C16H20N2O2. The van der Waals surface area contributed by atoms with Crippen LogP contribution in [-0.4, -0.2) is 24.1 Å². The highest BCUT2D eigenvalue weighted by Gasteiger charge is 2.04. The Morgan fingerprint density at radius 1 is 1.35 bits per heavy atom. The van der Waals surface area contributed by atoms with Crippen molar-refractivity contribution in [1.29, 1.82) is 0 Å². The average molecular weight is 272 g/mol. The molecule has 1 aromatic carbocycles. The summed E-state index contributed by atoms with van der Waals surface area (Å²) in [6.45, 7) is 4.99. The maximum absolute atomic E-state index is 11.3. The number of benzene rings is 1. The number of nitrogens with one attached hydrogen (secondary N) is 1. The standard InChI is InChI=1S/C16H20N2O2/c1-3-20-16(19)9-6-10-17-15-11-12(2)18-14-8-5-4-7-13(14)15/h4-5,7-8,11H,3,6,9-10H2,1-2H3,(H,17,18). The lowest BCUT2D eigenvalue weighted by atomic mass is 10.1. The molecule has 2 aromatic rings. The van der Waals surface area contributed by atoms with Crippen LogP contribution in [0.5, 0.6) is 0 Å². The first-order valence-electron chi connectivity index (χ1n) is 6.96. The first-order chi connectivity index (χ1) is 9.70. The molecule has 0 saturated heterocycles. The summed E-state index contributed by atoms with van der Waals surface area (Å²) < 4.78 is 4.91. The zero-order chi connectivity index (χ0) is 14.4. The highest BCUT2D eigenvalue weighted by molar-refractivity contribution is 5.91. The molecule has 0 radical (unpaired) electrons. The molecule has 0 spiro atoms. The Morgan fingerprint density at radius 3 is 2.95 bits per heavy atom. The third-order valence-electron chi connectivity index (χ3n) is 3.02. The number of rotatable bonds is 6. The predicted molar refractivity (Wildman–Crippen MR) is 80.8 cm³/mol. The Balaban J connectivity index is 1.98. The highest BCUT2D eigenvalue weighted by Crippen LogP contribution is 2.22. The summed E-state index contributed by atoms with van der Waals surface area (Å²) in [5, 5.41) is 4.48. The van der Waals surface area contributed by atoms with Gasteiger partial charge in [0.15, 0.2) is 0 Å². The van der Waals surface area contributed by atoms with E-state index in [1.165, 1.54) is 0 Å². The number of carbonyl (C=O) groups is 1. The van der Waals surface area contributed by atoms with E-state index in [0.717, 1.165) is 35.2 Å². The van der Waals surface area contributed by atoms with Crippen LogP contribution in [-0.2, 0) is 9.53 Å². The molecule has 0 aliphatic heterocycles. The normalized spacial score (nSPS) is 10.5. The van der Waals surface area contributed by atoms with E-state index in [2.05, 4.69) is 16.4 Å². The van der Waals surface area contributed by atoms with Crippen LogP contribution in [0.3, 0.4) is 0 Å². The quantitative estimate of drug-likeness (QED) is 0.647. The number of hydrogen-bond donors (Lipinski definition) is 1. The fourth-order valence-corrected chi connectivity index (χ4v) is 2.14. The van der Waals surface area contributed by atoms with Crippen LogP contribution in [0.2, 0.25) is 0 Å². The smallest absolute Gasteiger partial charge is 0.305 e. The van der Waals surface area contributed by atoms with Gasteiger partial charge in [0.2, 0.25) is 0 Å². The van der Waals surface area contributed by atoms with Crippen LogP contribution < -0.4 is 5.32 Å². The van der Waals surface area contributed by atoms with Gasteiger partial charge in [-0.25, -0.2) is 0 Å². The molecule has 1 aromatic heterocycles. The number of anilines is 1. The molecule has 0 unspecified atom stereocenters. The van der Waals surface area contributed by atoms with Gasteiger partial charge in [-0.15, -0.1) is 0 Å². The summed E-state index contributed by atoms with van der Waals surface area (Å²) in [4.78, 5) is 15.8. The Hall–Kier alpha value is -2.10. The number of aromatic nitrogens is 1. The second-order valence-electron chi connectivity index (χ2n) is 4.66. The van der Waals surface area contributed by atoms with Crippen molar-refractivity contribution in [2.45, 2.75) is 26.7 Å². The second-order valence-corrected chi connectivity index (χ2v) is 4.66. The number of hydrogen-bond acceptors (Lipinski definition) is 4. The molecule has 0 aliphatic carbocycles. The van der Waals surface area contributed by atoms with Gasteiger partial charge in [0.25, 0.3) is 0 Å². The van der Waals surface area contributed by atoms with Crippen molar-refractivity contribution in [3.63, 3.8) is 0 Å². The van der Waals surface area contributed by atoms with Gasteiger partial charge < -0.3 is 10.1 Å². The first-order valence-corrected chi connectivity index (χ1v) is 6.96. The van der Waals surface area contributed by atoms with E-state index < -0.39 is 0 Å². The van der Waals surface area contributed by atoms with E-state index >= 15 is 0 Å². The van der Waals surface area contributed by atoms with Gasteiger partial charge in [-0.2, -0.15) is 0 Å². The molecule has 2 rings (SSSR count). The van der Waals surface area contributed by atoms with E-state index in [1.807, 2.05) is 38.1 Å². The van der Waals surface area contributed by atoms with Crippen LogP contribution in [0, 0.1) is 6.92 Å². The molecule has 0 saturated carbocycles. The number of fused-ring (bicyclic) bond motifs is 1. The predicted octanol–water partition coefficient (Wildman–Crippen LogP) is 3.30. The van der Waals surface area contributed by atoms with Gasteiger partial charge in [0.05, 0.1) is 12.1 Å². The largest absolute Gasteiger partial charge is 0.466 e. The second kappa shape index (κ2) is 6.89. The zero-order valence-corrected chi connectivity index (χ0v) is 12.0. The van der Waals surface area contributed by atoms with Crippen LogP contribution in [0.1, 0.15) is 25.5 Å². The number of para-hydroxylation sites is 1. The third-order valence-corrected chi connectivity index (χ3v) is 3.02. The molecule has 4 heteroatoms. The van der Waals surface area contributed by atoms with E-state index in [4.69, 9.17) is 4.74 Å². The first kappa shape index (κ1) is 14.3. The van der Waals surface area contributed by atoms with Crippen molar-refractivity contribution in [2.24, 2.45) is 0 Å².